The van der Waals surface area contributed by atoms with Gasteiger partial charge in [-0.15, -0.1) is 22.7 Å². The number of halogens is 1. The fraction of sp³-hybridized carbons (Fsp3) is 0.429. The van der Waals surface area contributed by atoms with Gasteiger partial charge in [0.1, 0.15) is 0 Å². The summed E-state index contributed by atoms with van der Waals surface area (Å²) in [6.45, 7) is 1.72. The van der Waals surface area contributed by atoms with Crippen molar-refractivity contribution in [2.24, 2.45) is 5.73 Å². The summed E-state index contributed by atoms with van der Waals surface area (Å²) in [7, 11) is 0. The molecule has 2 aromatic heterocycles. The van der Waals surface area contributed by atoms with E-state index in [2.05, 4.69) is 49.8 Å². The summed E-state index contributed by atoms with van der Waals surface area (Å²) in [6.07, 6.45) is 2.63. The predicted octanol–water partition coefficient (Wildman–Crippen LogP) is 4.24. The number of nitrogens with two attached hydrogens (primary N) is 1. The highest BCUT2D eigenvalue weighted by molar-refractivity contribution is 9.10. The van der Waals surface area contributed by atoms with E-state index in [1.807, 2.05) is 11.3 Å². The highest BCUT2D eigenvalue weighted by atomic mass is 79.9. The number of thiophene rings is 2. The van der Waals surface area contributed by atoms with E-state index in [1.54, 1.807) is 11.3 Å². The Balaban J connectivity index is 1.81. The van der Waals surface area contributed by atoms with Gasteiger partial charge >= 0.3 is 0 Å². The van der Waals surface area contributed by atoms with Crippen LogP contribution in [0.3, 0.4) is 0 Å². The molecular weight excluding hydrogens is 340 g/mol. The molecule has 1 aliphatic carbocycles. The Bertz CT molecular complexity index is 519. The van der Waals surface area contributed by atoms with Crippen LogP contribution in [0.2, 0.25) is 0 Å². The predicted molar refractivity (Wildman–Crippen MR) is 86.7 cm³/mol. The standard InChI is InChI=1S/C14H17BrN2S2/c15-10-6-14(19-9-10)13(7-16)17(11-3-4-11)8-12-2-1-5-18-12/h1-2,5-6,9,11,13H,3-4,7-8,16H2. The Morgan fingerprint density at radius 1 is 1.42 bits per heavy atom. The maximum atomic E-state index is 6.06. The van der Waals surface area contributed by atoms with Crippen LogP contribution in [0.15, 0.2) is 33.4 Å². The van der Waals surface area contributed by atoms with Gasteiger partial charge in [0.15, 0.2) is 0 Å². The molecule has 19 heavy (non-hydrogen) atoms. The van der Waals surface area contributed by atoms with Gasteiger partial charge in [-0.25, -0.2) is 0 Å². The molecule has 0 spiro atoms. The number of hydrogen-bond donors (Lipinski definition) is 1. The van der Waals surface area contributed by atoms with E-state index in [-0.39, 0.29) is 0 Å². The summed E-state index contributed by atoms with van der Waals surface area (Å²) < 4.78 is 1.16. The molecule has 1 atom stereocenters. The zero-order valence-electron chi connectivity index (χ0n) is 10.6. The minimum Gasteiger partial charge on any atom is -0.329 e. The zero-order chi connectivity index (χ0) is 13.2. The van der Waals surface area contributed by atoms with Crippen molar-refractivity contribution in [1.82, 2.24) is 4.90 Å². The first-order chi connectivity index (χ1) is 9.28. The van der Waals surface area contributed by atoms with Gasteiger partial charge in [0.2, 0.25) is 0 Å². The maximum absolute atomic E-state index is 6.06. The summed E-state index contributed by atoms with van der Waals surface area (Å²) in [5.41, 5.74) is 6.06. The molecular formula is C14H17BrN2S2. The average molecular weight is 357 g/mol. The van der Waals surface area contributed by atoms with Gasteiger partial charge in [-0.2, -0.15) is 0 Å². The topological polar surface area (TPSA) is 29.3 Å². The van der Waals surface area contributed by atoms with E-state index in [0.717, 1.165) is 17.1 Å². The molecule has 0 aromatic carbocycles. The summed E-state index contributed by atoms with van der Waals surface area (Å²) in [4.78, 5) is 5.39. The van der Waals surface area contributed by atoms with Gasteiger partial charge in [0.25, 0.3) is 0 Å². The van der Waals surface area contributed by atoms with Gasteiger partial charge in [-0.1, -0.05) is 6.07 Å². The van der Waals surface area contributed by atoms with Crippen molar-refractivity contribution in [2.45, 2.75) is 31.5 Å². The Kier molecular flexibility index (Phi) is 4.39. The first-order valence-corrected chi connectivity index (χ1v) is 9.05. The van der Waals surface area contributed by atoms with Crippen LogP contribution in [0.1, 0.15) is 28.6 Å². The van der Waals surface area contributed by atoms with E-state index in [4.69, 9.17) is 5.73 Å². The van der Waals surface area contributed by atoms with Gasteiger partial charge in [0.05, 0.1) is 6.04 Å². The molecule has 0 saturated heterocycles. The molecule has 0 radical (unpaired) electrons. The van der Waals surface area contributed by atoms with Crippen molar-refractivity contribution >= 4 is 38.6 Å². The number of nitrogens with zero attached hydrogens (tertiary/aromatic N) is 1. The molecule has 1 unspecified atom stereocenters. The fourth-order valence-electron chi connectivity index (χ4n) is 2.40. The highest BCUT2D eigenvalue weighted by Gasteiger charge is 2.34. The summed E-state index contributed by atoms with van der Waals surface area (Å²) >= 11 is 7.18. The normalized spacial score (nSPS) is 17.0. The average Bonchev–Trinajstić information content (AvgIpc) is 2.95. The van der Waals surface area contributed by atoms with Crippen LogP contribution in [0.25, 0.3) is 0 Å². The number of rotatable bonds is 6. The van der Waals surface area contributed by atoms with Crippen LogP contribution in [0.5, 0.6) is 0 Å². The molecule has 1 aliphatic rings. The molecule has 2 N–H and O–H groups in total. The first kappa shape index (κ1) is 13.8. The van der Waals surface area contributed by atoms with Gasteiger partial charge in [0, 0.05) is 38.7 Å². The largest absolute Gasteiger partial charge is 0.329 e. The monoisotopic (exact) mass is 356 g/mol. The summed E-state index contributed by atoms with van der Waals surface area (Å²) in [6, 6.07) is 7.64. The van der Waals surface area contributed by atoms with Crippen LogP contribution >= 0.6 is 38.6 Å². The molecule has 0 aliphatic heterocycles. The SMILES string of the molecule is NCC(c1cc(Br)cs1)N(Cc1cccs1)C1CC1. The van der Waals surface area contributed by atoms with E-state index in [9.17, 15) is 0 Å². The Morgan fingerprint density at radius 2 is 2.26 bits per heavy atom. The quantitative estimate of drug-likeness (QED) is 0.838. The lowest BCUT2D eigenvalue weighted by atomic mass is 10.2. The lowest BCUT2D eigenvalue weighted by Crippen LogP contribution is -2.34. The molecule has 1 fully saturated rings. The van der Waals surface area contributed by atoms with E-state index < -0.39 is 0 Å². The molecule has 2 nitrogen and oxygen atoms in total. The highest BCUT2D eigenvalue weighted by Crippen LogP contribution is 2.38. The Morgan fingerprint density at radius 3 is 2.79 bits per heavy atom. The molecule has 1 saturated carbocycles. The third-order valence-electron chi connectivity index (χ3n) is 3.47. The van der Waals surface area contributed by atoms with Crippen LogP contribution in [-0.4, -0.2) is 17.5 Å². The van der Waals surface area contributed by atoms with Crippen molar-refractivity contribution in [1.29, 1.82) is 0 Å². The third-order valence-corrected chi connectivity index (χ3v) is 6.13. The lowest BCUT2D eigenvalue weighted by molar-refractivity contribution is 0.186. The molecule has 5 heteroatoms. The van der Waals surface area contributed by atoms with Gasteiger partial charge in [-0.05, 0) is 46.3 Å². The van der Waals surface area contributed by atoms with Crippen molar-refractivity contribution in [2.75, 3.05) is 6.54 Å². The smallest absolute Gasteiger partial charge is 0.0570 e. The van der Waals surface area contributed by atoms with Crippen molar-refractivity contribution in [3.05, 3.63) is 43.2 Å². The van der Waals surface area contributed by atoms with Gasteiger partial charge in [-0.3, -0.25) is 4.90 Å². The van der Waals surface area contributed by atoms with Crippen LogP contribution in [-0.2, 0) is 6.54 Å². The van der Waals surface area contributed by atoms with Crippen LogP contribution in [0, 0.1) is 0 Å². The molecule has 102 valence electrons. The minimum absolute atomic E-state index is 0.353. The second-order valence-electron chi connectivity index (χ2n) is 4.90. The van der Waals surface area contributed by atoms with E-state index >= 15 is 0 Å². The van der Waals surface area contributed by atoms with E-state index in [1.165, 1.54) is 22.6 Å². The van der Waals surface area contributed by atoms with Crippen LogP contribution in [0.4, 0.5) is 0 Å². The minimum atomic E-state index is 0.353. The Labute approximate surface area is 130 Å². The Hall–Kier alpha value is -0.200. The summed E-state index contributed by atoms with van der Waals surface area (Å²) in [5.74, 6) is 0. The van der Waals surface area contributed by atoms with Crippen molar-refractivity contribution < 1.29 is 0 Å². The molecule has 2 heterocycles. The number of hydrogen-bond acceptors (Lipinski definition) is 4. The van der Waals surface area contributed by atoms with Crippen LogP contribution < -0.4 is 5.73 Å². The second kappa shape index (κ2) is 6.06. The zero-order valence-corrected chi connectivity index (χ0v) is 13.8. The lowest BCUT2D eigenvalue weighted by Gasteiger charge is -2.30. The molecule has 0 amide bonds. The summed E-state index contributed by atoms with van der Waals surface area (Å²) in [5, 5.41) is 4.30. The first-order valence-electron chi connectivity index (χ1n) is 6.50. The van der Waals surface area contributed by atoms with Crippen molar-refractivity contribution in [3.63, 3.8) is 0 Å². The van der Waals surface area contributed by atoms with E-state index in [0.29, 0.717) is 12.6 Å². The maximum Gasteiger partial charge on any atom is 0.0570 e. The third kappa shape index (κ3) is 3.28. The molecule has 3 rings (SSSR count). The molecule has 0 bridgehead atoms. The van der Waals surface area contributed by atoms with Gasteiger partial charge < -0.3 is 5.73 Å². The van der Waals surface area contributed by atoms with Crippen molar-refractivity contribution in [3.8, 4) is 0 Å². The second-order valence-corrected chi connectivity index (χ2v) is 7.79. The fourth-order valence-corrected chi connectivity index (χ4v) is 4.69. The molecule has 2 aromatic rings.